The minimum atomic E-state index is 0.595. The first-order chi connectivity index (χ1) is 9.26. The topological polar surface area (TPSA) is 24.9 Å². The second-order valence-electron chi connectivity index (χ2n) is 5.46. The van der Waals surface area contributed by atoms with E-state index in [0.717, 1.165) is 6.42 Å². The van der Waals surface area contributed by atoms with Gasteiger partial charge in [0.15, 0.2) is 0 Å². The standard InChI is InChI=1S/C16H30N2S/c1-4-5-6-7-8-9-10-11-15(17-3)12-16-13-19-14(2)18-16/h13,15,17H,4-12H2,1-3H3. The fraction of sp³-hybridized carbons (Fsp3) is 0.812. The van der Waals surface area contributed by atoms with Crippen LogP contribution < -0.4 is 5.32 Å². The maximum absolute atomic E-state index is 4.56. The van der Waals surface area contributed by atoms with Crippen LogP contribution in [0.2, 0.25) is 0 Å². The number of hydrogen-bond acceptors (Lipinski definition) is 3. The Morgan fingerprint density at radius 2 is 1.84 bits per heavy atom. The van der Waals surface area contributed by atoms with Crippen LogP contribution in [0.25, 0.3) is 0 Å². The van der Waals surface area contributed by atoms with Crippen molar-refractivity contribution in [2.24, 2.45) is 0 Å². The number of aromatic nitrogens is 1. The molecule has 2 nitrogen and oxygen atoms in total. The molecule has 0 spiro atoms. The Bertz CT molecular complexity index is 322. The van der Waals surface area contributed by atoms with Gasteiger partial charge in [-0.1, -0.05) is 51.9 Å². The Morgan fingerprint density at radius 3 is 2.42 bits per heavy atom. The molecule has 1 unspecified atom stereocenters. The first-order valence-corrected chi connectivity index (χ1v) is 8.72. The van der Waals surface area contributed by atoms with Gasteiger partial charge in [0.25, 0.3) is 0 Å². The predicted octanol–water partition coefficient (Wildman–Crippen LogP) is 4.72. The molecule has 1 aromatic rings. The Kier molecular flexibility index (Phi) is 9.10. The molecule has 0 aromatic carbocycles. The van der Waals surface area contributed by atoms with Crippen LogP contribution in [-0.4, -0.2) is 18.1 Å². The molecule has 3 heteroatoms. The van der Waals surface area contributed by atoms with Gasteiger partial charge in [-0.2, -0.15) is 0 Å². The van der Waals surface area contributed by atoms with E-state index in [0.29, 0.717) is 6.04 Å². The van der Waals surface area contributed by atoms with Crippen LogP contribution >= 0.6 is 11.3 Å². The molecule has 110 valence electrons. The van der Waals surface area contributed by atoms with Gasteiger partial charge in [0.1, 0.15) is 0 Å². The van der Waals surface area contributed by atoms with Gasteiger partial charge in [0.05, 0.1) is 10.7 Å². The number of thiazole rings is 1. The van der Waals surface area contributed by atoms with E-state index in [-0.39, 0.29) is 0 Å². The van der Waals surface area contributed by atoms with Crippen molar-refractivity contribution in [1.29, 1.82) is 0 Å². The van der Waals surface area contributed by atoms with Crippen molar-refractivity contribution >= 4 is 11.3 Å². The average Bonchev–Trinajstić information content (AvgIpc) is 2.81. The molecular formula is C16H30N2S. The first kappa shape index (κ1) is 16.6. The Labute approximate surface area is 123 Å². The molecular weight excluding hydrogens is 252 g/mol. The molecule has 19 heavy (non-hydrogen) atoms. The molecule has 0 saturated heterocycles. The molecule has 0 bridgehead atoms. The normalized spacial score (nSPS) is 12.8. The van der Waals surface area contributed by atoms with E-state index in [4.69, 9.17) is 0 Å². The lowest BCUT2D eigenvalue weighted by Crippen LogP contribution is -2.27. The van der Waals surface area contributed by atoms with Gasteiger partial charge in [-0.3, -0.25) is 0 Å². The third-order valence-corrected chi connectivity index (χ3v) is 4.51. The molecule has 0 radical (unpaired) electrons. The van der Waals surface area contributed by atoms with Crippen LogP contribution in [0.5, 0.6) is 0 Å². The van der Waals surface area contributed by atoms with Gasteiger partial charge >= 0.3 is 0 Å². The molecule has 0 amide bonds. The second kappa shape index (κ2) is 10.4. The molecule has 1 aromatic heterocycles. The summed E-state index contributed by atoms with van der Waals surface area (Å²) in [7, 11) is 2.07. The molecule has 0 fully saturated rings. The monoisotopic (exact) mass is 282 g/mol. The zero-order valence-electron chi connectivity index (χ0n) is 12.9. The van der Waals surface area contributed by atoms with Gasteiger partial charge in [-0.05, 0) is 20.4 Å². The third-order valence-electron chi connectivity index (χ3n) is 3.69. The van der Waals surface area contributed by atoms with E-state index in [2.05, 4.69) is 36.6 Å². The quantitative estimate of drug-likeness (QED) is 0.594. The van der Waals surface area contributed by atoms with Crippen molar-refractivity contribution in [3.8, 4) is 0 Å². The smallest absolute Gasteiger partial charge is 0.0897 e. The summed E-state index contributed by atoms with van der Waals surface area (Å²) in [5, 5.41) is 6.82. The number of nitrogens with zero attached hydrogens (tertiary/aromatic N) is 1. The summed E-state index contributed by atoms with van der Waals surface area (Å²) in [5.74, 6) is 0. The van der Waals surface area contributed by atoms with Crippen LogP contribution in [0, 0.1) is 6.92 Å². The summed E-state index contributed by atoms with van der Waals surface area (Å²) >= 11 is 1.76. The van der Waals surface area contributed by atoms with Crippen molar-refractivity contribution in [3.05, 3.63) is 16.1 Å². The van der Waals surface area contributed by atoms with Gasteiger partial charge in [0.2, 0.25) is 0 Å². The van der Waals surface area contributed by atoms with E-state index >= 15 is 0 Å². The molecule has 0 aliphatic carbocycles. The van der Waals surface area contributed by atoms with Gasteiger partial charge < -0.3 is 5.32 Å². The molecule has 0 aliphatic rings. The maximum Gasteiger partial charge on any atom is 0.0897 e. The molecule has 1 heterocycles. The highest BCUT2D eigenvalue weighted by Crippen LogP contribution is 2.14. The number of rotatable bonds is 11. The zero-order chi connectivity index (χ0) is 13.9. The molecule has 1 atom stereocenters. The lowest BCUT2D eigenvalue weighted by atomic mass is 10.0. The molecule has 0 aliphatic heterocycles. The fourth-order valence-corrected chi connectivity index (χ4v) is 3.08. The van der Waals surface area contributed by atoms with E-state index in [1.807, 2.05) is 0 Å². The van der Waals surface area contributed by atoms with Crippen molar-refractivity contribution in [2.75, 3.05) is 7.05 Å². The van der Waals surface area contributed by atoms with Crippen molar-refractivity contribution in [3.63, 3.8) is 0 Å². The lowest BCUT2D eigenvalue weighted by molar-refractivity contribution is 0.476. The van der Waals surface area contributed by atoms with Gasteiger partial charge in [0, 0.05) is 17.8 Å². The maximum atomic E-state index is 4.56. The third kappa shape index (κ3) is 7.68. The van der Waals surface area contributed by atoms with E-state index in [1.165, 1.54) is 62.1 Å². The van der Waals surface area contributed by atoms with Crippen LogP contribution in [0.1, 0.15) is 69.0 Å². The van der Waals surface area contributed by atoms with Crippen molar-refractivity contribution in [2.45, 2.75) is 77.7 Å². The SMILES string of the molecule is CCCCCCCCCC(Cc1csc(C)n1)NC. The Hall–Kier alpha value is -0.410. The number of hydrogen-bond donors (Lipinski definition) is 1. The van der Waals surface area contributed by atoms with Crippen LogP contribution in [0.4, 0.5) is 0 Å². The number of aryl methyl sites for hydroxylation is 1. The highest BCUT2D eigenvalue weighted by molar-refractivity contribution is 7.09. The molecule has 1 rings (SSSR count). The van der Waals surface area contributed by atoms with Crippen molar-refractivity contribution < 1.29 is 0 Å². The second-order valence-corrected chi connectivity index (χ2v) is 6.52. The zero-order valence-corrected chi connectivity index (χ0v) is 13.7. The van der Waals surface area contributed by atoms with Gasteiger partial charge in [-0.15, -0.1) is 11.3 Å². The molecule has 0 saturated carbocycles. The Morgan fingerprint density at radius 1 is 1.16 bits per heavy atom. The average molecular weight is 282 g/mol. The summed E-state index contributed by atoms with van der Waals surface area (Å²) in [5.41, 5.74) is 1.25. The lowest BCUT2D eigenvalue weighted by Gasteiger charge is -2.14. The highest BCUT2D eigenvalue weighted by atomic mass is 32.1. The summed E-state index contributed by atoms with van der Waals surface area (Å²) < 4.78 is 0. The first-order valence-electron chi connectivity index (χ1n) is 7.84. The van der Waals surface area contributed by atoms with Crippen LogP contribution in [-0.2, 0) is 6.42 Å². The predicted molar refractivity (Wildman–Crippen MR) is 86.0 cm³/mol. The number of unbranched alkanes of at least 4 members (excludes halogenated alkanes) is 6. The largest absolute Gasteiger partial charge is 0.317 e. The Balaban J connectivity index is 2.08. The molecule has 1 N–H and O–H groups in total. The summed E-state index contributed by atoms with van der Waals surface area (Å²) in [6, 6.07) is 0.595. The van der Waals surface area contributed by atoms with Crippen molar-refractivity contribution in [1.82, 2.24) is 10.3 Å². The highest BCUT2D eigenvalue weighted by Gasteiger charge is 2.09. The van der Waals surface area contributed by atoms with E-state index in [1.54, 1.807) is 11.3 Å². The van der Waals surface area contributed by atoms with E-state index < -0.39 is 0 Å². The number of likely N-dealkylation sites (N-methyl/N-ethyl adjacent to an activating group) is 1. The van der Waals surface area contributed by atoms with E-state index in [9.17, 15) is 0 Å². The summed E-state index contributed by atoms with van der Waals surface area (Å²) in [4.78, 5) is 4.56. The van der Waals surface area contributed by atoms with Crippen LogP contribution in [0.15, 0.2) is 5.38 Å². The summed E-state index contributed by atoms with van der Waals surface area (Å²) in [6.07, 6.45) is 12.1. The fourth-order valence-electron chi connectivity index (χ4n) is 2.45. The minimum Gasteiger partial charge on any atom is -0.317 e. The number of nitrogens with one attached hydrogen (secondary N) is 1. The van der Waals surface area contributed by atoms with Gasteiger partial charge in [-0.25, -0.2) is 4.98 Å². The summed E-state index contributed by atoms with van der Waals surface area (Å²) in [6.45, 7) is 4.36. The van der Waals surface area contributed by atoms with Crippen LogP contribution in [0.3, 0.4) is 0 Å². The minimum absolute atomic E-state index is 0.595.